The first-order chi connectivity index (χ1) is 8.04. The molecule has 0 amide bonds. The molecule has 0 N–H and O–H groups in total. The molecule has 1 unspecified atom stereocenters. The smallest absolute Gasteiger partial charge is 0.273 e. The van der Waals surface area contributed by atoms with Crippen LogP contribution < -0.4 is 0 Å². The van der Waals surface area contributed by atoms with Crippen molar-refractivity contribution in [3.63, 3.8) is 0 Å². The van der Waals surface area contributed by atoms with Crippen LogP contribution in [0.15, 0.2) is 22.7 Å². The van der Waals surface area contributed by atoms with Crippen molar-refractivity contribution in [2.24, 2.45) is 0 Å². The van der Waals surface area contributed by atoms with Crippen LogP contribution in [0.3, 0.4) is 0 Å². The quantitative estimate of drug-likeness (QED) is 0.438. The number of ether oxygens (including phenoxy) is 1. The maximum atomic E-state index is 10.9. The predicted molar refractivity (Wildman–Crippen MR) is 73.7 cm³/mol. The van der Waals surface area contributed by atoms with Crippen LogP contribution in [-0.4, -0.2) is 23.5 Å². The van der Waals surface area contributed by atoms with Gasteiger partial charge in [-0.2, -0.15) is 0 Å². The monoisotopic (exact) mass is 365 g/mol. The van der Waals surface area contributed by atoms with Gasteiger partial charge in [-0.05, 0) is 18.9 Å². The van der Waals surface area contributed by atoms with Gasteiger partial charge in [0, 0.05) is 28.0 Å². The fourth-order valence-corrected chi connectivity index (χ4v) is 2.34. The highest BCUT2D eigenvalue weighted by Crippen LogP contribution is 2.25. The van der Waals surface area contributed by atoms with Crippen LogP contribution in [-0.2, 0) is 11.2 Å². The standard InChI is InChI=1S/C11H13Br2NO3/c1-17-7-10(13)5-3-8-2-4-9(12)6-11(8)14(15)16/h2,4,6,10H,3,5,7H2,1H3. The van der Waals surface area contributed by atoms with Gasteiger partial charge in [0.15, 0.2) is 0 Å². The van der Waals surface area contributed by atoms with Gasteiger partial charge in [0.25, 0.3) is 5.69 Å². The van der Waals surface area contributed by atoms with E-state index in [2.05, 4.69) is 31.9 Å². The molecule has 0 spiro atoms. The number of nitrogens with zero attached hydrogens (tertiary/aromatic N) is 1. The van der Waals surface area contributed by atoms with E-state index in [1.54, 1.807) is 13.2 Å². The van der Waals surface area contributed by atoms with Gasteiger partial charge in [0.1, 0.15) is 0 Å². The van der Waals surface area contributed by atoms with Gasteiger partial charge in [-0.25, -0.2) is 0 Å². The number of rotatable bonds is 6. The van der Waals surface area contributed by atoms with Crippen molar-refractivity contribution >= 4 is 37.5 Å². The molecule has 0 aliphatic heterocycles. The summed E-state index contributed by atoms with van der Waals surface area (Å²) < 4.78 is 5.72. The Kier molecular flexibility index (Phi) is 6.08. The van der Waals surface area contributed by atoms with E-state index in [0.717, 1.165) is 16.5 Å². The van der Waals surface area contributed by atoms with E-state index in [9.17, 15) is 10.1 Å². The van der Waals surface area contributed by atoms with Gasteiger partial charge < -0.3 is 4.74 Å². The number of nitro benzene ring substituents is 1. The van der Waals surface area contributed by atoms with Crippen molar-refractivity contribution < 1.29 is 9.66 Å². The number of halogens is 2. The van der Waals surface area contributed by atoms with E-state index >= 15 is 0 Å². The van der Waals surface area contributed by atoms with Crippen molar-refractivity contribution in [3.8, 4) is 0 Å². The molecule has 0 fully saturated rings. The summed E-state index contributed by atoms with van der Waals surface area (Å²) in [6.07, 6.45) is 1.46. The molecule has 1 atom stereocenters. The molecule has 1 aromatic rings. The lowest BCUT2D eigenvalue weighted by Gasteiger charge is -2.08. The summed E-state index contributed by atoms with van der Waals surface area (Å²) in [7, 11) is 1.64. The fourth-order valence-electron chi connectivity index (χ4n) is 1.49. The molecule has 0 bridgehead atoms. The zero-order chi connectivity index (χ0) is 12.8. The van der Waals surface area contributed by atoms with Gasteiger partial charge in [-0.1, -0.05) is 37.9 Å². The Morgan fingerprint density at radius 3 is 2.82 bits per heavy atom. The molecule has 6 heteroatoms. The second kappa shape index (κ2) is 7.08. The van der Waals surface area contributed by atoms with E-state index in [1.165, 1.54) is 6.07 Å². The van der Waals surface area contributed by atoms with Crippen LogP contribution in [0.1, 0.15) is 12.0 Å². The Labute approximate surface area is 117 Å². The van der Waals surface area contributed by atoms with E-state index in [-0.39, 0.29) is 15.4 Å². The third-order valence-corrected chi connectivity index (χ3v) is 3.53. The van der Waals surface area contributed by atoms with E-state index in [1.807, 2.05) is 6.07 Å². The molecule has 17 heavy (non-hydrogen) atoms. The van der Waals surface area contributed by atoms with E-state index in [4.69, 9.17) is 4.74 Å². The second-order valence-corrected chi connectivity index (χ2v) is 5.83. The zero-order valence-electron chi connectivity index (χ0n) is 9.36. The highest BCUT2D eigenvalue weighted by atomic mass is 79.9. The minimum Gasteiger partial charge on any atom is -0.384 e. The van der Waals surface area contributed by atoms with Crippen molar-refractivity contribution in [2.45, 2.75) is 17.7 Å². The van der Waals surface area contributed by atoms with Gasteiger partial charge in [-0.3, -0.25) is 10.1 Å². The lowest BCUT2D eigenvalue weighted by molar-refractivity contribution is -0.385. The normalized spacial score (nSPS) is 12.4. The van der Waals surface area contributed by atoms with E-state index in [0.29, 0.717) is 13.0 Å². The second-order valence-electron chi connectivity index (χ2n) is 3.62. The first-order valence-electron chi connectivity index (χ1n) is 5.10. The topological polar surface area (TPSA) is 52.4 Å². The lowest BCUT2D eigenvalue weighted by atomic mass is 10.1. The Morgan fingerprint density at radius 2 is 2.24 bits per heavy atom. The van der Waals surface area contributed by atoms with Crippen LogP contribution in [0.5, 0.6) is 0 Å². The largest absolute Gasteiger partial charge is 0.384 e. The molecule has 1 rings (SSSR count). The summed E-state index contributed by atoms with van der Waals surface area (Å²) in [5, 5.41) is 10.9. The Hall–Kier alpha value is -0.460. The van der Waals surface area contributed by atoms with Crippen LogP contribution in [0.4, 0.5) is 5.69 Å². The SMILES string of the molecule is COCC(Br)CCc1ccc(Br)cc1[N+](=O)[O-]. The number of hydrogen-bond donors (Lipinski definition) is 0. The number of alkyl halides is 1. The molecule has 94 valence electrons. The van der Waals surface area contributed by atoms with Crippen LogP contribution in [0.2, 0.25) is 0 Å². The Morgan fingerprint density at radius 1 is 1.53 bits per heavy atom. The third kappa shape index (κ3) is 4.73. The maximum Gasteiger partial charge on any atom is 0.273 e. The number of methoxy groups -OCH3 is 1. The molecule has 0 radical (unpaired) electrons. The van der Waals surface area contributed by atoms with Gasteiger partial charge in [-0.15, -0.1) is 0 Å². The van der Waals surface area contributed by atoms with Crippen molar-refractivity contribution in [3.05, 3.63) is 38.3 Å². The molecule has 0 aliphatic carbocycles. The minimum atomic E-state index is -0.348. The average Bonchev–Trinajstić information content (AvgIpc) is 2.27. The molecule has 4 nitrogen and oxygen atoms in total. The van der Waals surface area contributed by atoms with Crippen LogP contribution >= 0.6 is 31.9 Å². The number of benzene rings is 1. The Bertz CT molecular complexity index is 398. The zero-order valence-corrected chi connectivity index (χ0v) is 12.5. The van der Waals surface area contributed by atoms with Gasteiger partial charge in [0.2, 0.25) is 0 Å². The molecule has 0 aliphatic rings. The summed E-state index contributed by atoms with van der Waals surface area (Å²) in [6.45, 7) is 0.602. The predicted octanol–water partition coefficient (Wildman–Crippen LogP) is 3.70. The lowest BCUT2D eigenvalue weighted by Crippen LogP contribution is -2.08. The Balaban J connectivity index is 2.73. The molecule has 1 aromatic carbocycles. The third-order valence-electron chi connectivity index (χ3n) is 2.32. The summed E-state index contributed by atoms with van der Waals surface area (Å²) in [6, 6.07) is 5.14. The first kappa shape index (κ1) is 14.6. The summed E-state index contributed by atoms with van der Waals surface area (Å²) >= 11 is 6.70. The molecular formula is C11H13Br2NO3. The van der Waals surface area contributed by atoms with Gasteiger partial charge >= 0.3 is 0 Å². The van der Waals surface area contributed by atoms with Crippen LogP contribution in [0, 0.1) is 10.1 Å². The summed E-state index contributed by atoms with van der Waals surface area (Å²) in [5.74, 6) is 0. The molecule has 0 heterocycles. The van der Waals surface area contributed by atoms with Crippen molar-refractivity contribution in [1.29, 1.82) is 0 Å². The number of aryl methyl sites for hydroxylation is 1. The molecule has 0 saturated carbocycles. The van der Waals surface area contributed by atoms with Crippen LogP contribution in [0.25, 0.3) is 0 Å². The molecular weight excluding hydrogens is 354 g/mol. The van der Waals surface area contributed by atoms with Gasteiger partial charge in [0.05, 0.1) is 11.5 Å². The summed E-state index contributed by atoms with van der Waals surface area (Å²) in [4.78, 5) is 10.8. The maximum absolute atomic E-state index is 10.9. The molecule has 0 aromatic heterocycles. The molecule has 0 saturated heterocycles. The summed E-state index contributed by atoms with van der Waals surface area (Å²) in [5.41, 5.74) is 0.912. The average molecular weight is 367 g/mol. The van der Waals surface area contributed by atoms with Crippen molar-refractivity contribution in [1.82, 2.24) is 0 Å². The fraction of sp³-hybridized carbons (Fsp3) is 0.455. The highest BCUT2D eigenvalue weighted by Gasteiger charge is 2.15. The number of hydrogen-bond acceptors (Lipinski definition) is 3. The van der Waals surface area contributed by atoms with E-state index < -0.39 is 0 Å². The minimum absolute atomic E-state index is 0.163. The van der Waals surface area contributed by atoms with Crippen molar-refractivity contribution in [2.75, 3.05) is 13.7 Å². The number of nitro groups is 1. The highest BCUT2D eigenvalue weighted by molar-refractivity contribution is 9.10. The first-order valence-corrected chi connectivity index (χ1v) is 6.81.